The smallest absolute Gasteiger partial charge is 0.229 e. The Labute approximate surface area is 89.5 Å². The summed E-state index contributed by atoms with van der Waals surface area (Å²) in [5.41, 5.74) is 13.3. The van der Waals surface area contributed by atoms with Gasteiger partial charge in [-0.15, -0.1) is 0 Å². The fourth-order valence-corrected chi connectivity index (χ4v) is 1.16. The zero-order chi connectivity index (χ0) is 11.3. The number of carbonyl (C=O) groups excluding carboxylic acids is 1. The van der Waals surface area contributed by atoms with E-state index in [1.54, 1.807) is 0 Å². The Hall–Kier alpha value is -1.95. The average Bonchev–Trinajstić information content (AvgIpc) is 2.20. The lowest BCUT2D eigenvalue weighted by Gasteiger charge is -2.01. The van der Waals surface area contributed by atoms with Gasteiger partial charge in [0, 0.05) is 11.3 Å². The molecule has 0 saturated heterocycles. The third-order valence-corrected chi connectivity index (χ3v) is 2.01. The van der Waals surface area contributed by atoms with Crippen LogP contribution in [0.3, 0.4) is 0 Å². The fourth-order valence-electron chi connectivity index (χ4n) is 1.16. The fraction of sp³-hybridized carbons (Fsp3) is 0.250. The topological polar surface area (TPSA) is 69.1 Å². The molecule has 0 heterocycles. The van der Waals surface area contributed by atoms with Crippen LogP contribution in [0.25, 0.3) is 0 Å². The van der Waals surface area contributed by atoms with Gasteiger partial charge >= 0.3 is 0 Å². The minimum Gasteiger partial charge on any atom is -0.398 e. The Balaban J connectivity index is 2.91. The molecule has 3 heteroatoms. The van der Waals surface area contributed by atoms with Gasteiger partial charge in [-0.1, -0.05) is 24.8 Å². The molecule has 0 atom stereocenters. The van der Waals surface area contributed by atoms with Gasteiger partial charge in [0.05, 0.1) is 6.42 Å². The molecule has 1 rings (SSSR count). The molecule has 0 unspecified atom stereocenters. The molecule has 0 fully saturated rings. The first kappa shape index (κ1) is 11.1. The first-order chi connectivity index (χ1) is 7.13. The van der Waals surface area contributed by atoms with E-state index < -0.39 is 5.91 Å². The molecular formula is C12H14N2O. The van der Waals surface area contributed by atoms with Gasteiger partial charge in [-0.3, -0.25) is 4.79 Å². The molecule has 3 nitrogen and oxygen atoms in total. The van der Waals surface area contributed by atoms with Crippen LogP contribution in [-0.4, -0.2) is 5.91 Å². The second-order valence-corrected chi connectivity index (χ2v) is 3.22. The van der Waals surface area contributed by atoms with Gasteiger partial charge in [0.1, 0.15) is 0 Å². The molecule has 0 aromatic heterocycles. The molecule has 0 spiro atoms. The number of amides is 1. The zero-order valence-corrected chi connectivity index (χ0v) is 8.71. The van der Waals surface area contributed by atoms with Crippen LogP contribution in [0.1, 0.15) is 24.5 Å². The summed E-state index contributed by atoms with van der Waals surface area (Å²) in [5, 5.41) is 0. The van der Waals surface area contributed by atoms with Gasteiger partial charge in [-0.05, 0) is 24.1 Å². The maximum Gasteiger partial charge on any atom is 0.229 e. The first-order valence-corrected chi connectivity index (χ1v) is 4.79. The summed E-state index contributed by atoms with van der Waals surface area (Å²) >= 11 is 0. The number of carbonyl (C=O) groups is 1. The number of hydrogen-bond acceptors (Lipinski definition) is 2. The van der Waals surface area contributed by atoms with Crippen LogP contribution in [0, 0.1) is 11.8 Å². The number of primary amides is 1. The molecule has 78 valence electrons. The van der Waals surface area contributed by atoms with Gasteiger partial charge in [0.15, 0.2) is 0 Å². The normalized spacial score (nSPS) is 9.13. The van der Waals surface area contributed by atoms with Crippen molar-refractivity contribution in [3.05, 3.63) is 29.3 Å². The second-order valence-electron chi connectivity index (χ2n) is 3.22. The van der Waals surface area contributed by atoms with Crippen molar-refractivity contribution >= 4 is 11.6 Å². The molecule has 0 saturated carbocycles. The molecular weight excluding hydrogens is 188 g/mol. The quantitative estimate of drug-likeness (QED) is 0.556. The van der Waals surface area contributed by atoms with Crippen LogP contribution in [0.5, 0.6) is 0 Å². The Morgan fingerprint density at radius 1 is 1.47 bits per heavy atom. The Morgan fingerprint density at radius 2 is 2.20 bits per heavy atom. The van der Waals surface area contributed by atoms with Crippen molar-refractivity contribution in [3.63, 3.8) is 0 Å². The highest BCUT2D eigenvalue weighted by Gasteiger charge is 1.96. The van der Waals surface area contributed by atoms with E-state index in [-0.39, 0.29) is 6.42 Å². The van der Waals surface area contributed by atoms with Gasteiger partial charge in [0.2, 0.25) is 5.91 Å². The summed E-state index contributed by atoms with van der Waals surface area (Å²) in [6, 6.07) is 5.73. The second kappa shape index (κ2) is 5.06. The van der Waals surface area contributed by atoms with Crippen LogP contribution >= 0.6 is 0 Å². The lowest BCUT2D eigenvalue weighted by molar-refractivity contribution is -0.117. The summed E-state index contributed by atoms with van der Waals surface area (Å²) in [6.07, 6.45) is 1.00. The van der Waals surface area contributed by atoms with Crippen molar-refractivity contribution in [1.82, 2.24) is 0 Å². The summed E-state index contributed by atoms with van der Waals surface area (Å²) in [4.78, 5) is 10.5. The highest BCUT2D eigenvalue weighted by molar-refractivity contribution is 5.76. The molecule has 1 aromatic rings. The van der Waals surface area contributed by atoms with Crippen LogP contribution in [0.15, 0.2) is 18.2 Å². The Bertz CT molecular complexity index is 427. The van der Waals surface area contributed by atoms with Crippen molar-refractivity contribution in [2.45, 2.75) is 19.8 Å². The minimum atomic E-state index is -0.423. The maximum absolute atomic E-state index is 10.5. The first-order valence-electron chi connectivity index (χ1n) is 4.79. The van der Waals surface area contributed by atoms with E-state index >= 15 is 0 Å². The van der Waals surface area contributed by atoms with Crippen LogP contribution in [-0.2, 0) is 11.2 Å². The van der Waals surface area contributed by atoms with Gasteiger partial charge in [-0.25, -0.2) is 0 Å². The number of aryl methyl sites for hydroxylation is 1. The van der Waals surface area contributed by atoms with E-state index in [9.17, 15) is 4.79 Å². The monoisotopic (exact) mass is 202 g/mol. The van der Waals surface area contributed by atoms with Crippen LogP contribution in [0.2, 0.25) is 0 Å². The van der Waals surface area contributed by atoms with Gasteiger partial charge in [0.25, 0.3) is 0 Å². The third-order valence-electron chi connectivity index (χ3n) is 2.01. The van der Waals surface area contributed by atoms with Crippen molar-refractivity contribution in [3.8, 4) is 11.8 Å². The highest BCUT2D eigenvalue weighted by Crippen LogP contribution is 2.13. The van der Waals surface area contributed by atoms with Crippen LogP contribution in [0.4, 0.5) is 5.69 Å². The Kier molecular flexibility index (Phi) is 3.75. The van der Waals surface area contributed by atoms with Crippen LogP contribution < -0.4 is 11.5 Å². The summed E-state index contributed by atoms with van der Waals surface area (Å²) < 4.78 is 0. The molecule has 0 aliphatic rings. The standard InChI is InChI=1S/C12H14N2O/c1-2-9-6-7-11(13)10(8-9)4-3-5-12(14)15/h6-8H,2,5,13H2,1H3,(H2,14,15). The SMILES string of the molecule is CCc1ccc(N)c(C#CCC(N)=O)c1. The van der Waals surface area contributed by atoms with Crippen molar-refractivity contribution in [2.75, 3.05) is 5.73 Å². The molecule has 1 amide bonds. The Morgan fingerprint density at radius 3 is 2.80 bits per heavy atom. The summed E-state index contributed by atoms with van der Waals surface area (Å²) in [6.45, 7) is 2.06. The van der Waals surface area contributed by atoms with E-state index in [0.717, 1.165) is 12.0 Å². The number of nitrogens with two attached hydrogens (primary N) is 2. The molecule has 0 aliphatic heterocycles. The largest absolute Gasteiger partial charge is 0.398 e. The lowest BCUT2D eigenvalue weighted by atomic mass is 10.1. The molecule has 15 heavy (non-hydrogen) atoms. The van der Waals surface area contributed by atoms with Gasteiger partial charge in [-0.2, -0.15) is 0 Å². The van der Waals surface area contributed by atoms with E-state index in [0.29, 0.717) is 5.69 Å². The predicted octanol–water partition coefficient (Wildman–Crippen LogP) is 1.06. The van der Waals surface area contributed by atoms with Crippen molar-refractivity contribution in [1.29, 1.82) is 0 Å². The average molecular weight is 202 g/mol. The lowest BCUT2D eigenvalue weighted by Crippen LogP contribution is -2.08. The minimum absolute atomic E-state index is 0.0653. The molecule has 0 aliphatic carbocycles. The maximum atomic E-state index is 10.5. The summed E-state index contributed by atoms with van der Waals surface area (Å²) in [5.74, 6) is 5.11. The number of benzene rings is 1. The molecule has 0 bridgehead atoms. The van der Waals surface area contributed by atoms with Crippen molar-refractivity contribution in [2.24, 2.45) is 5.73 Å². The number of anilines is 1. The van der Waals surface area contributed by atoms with E-state index in [4.69, 9.17) is 11.5 Å². The van der Waals surface area contributed by atoms with E-state index in [1.807, 2.05) is 18.2 Å². The molecule has 4 N–H and O–H groups in total. The number of nitrogen functional groups attached to an aromatic ring is 1. The predicted molar refractivity (Wildman–Crippen MR) is 60.9 cm³/mol. The molecule has 0 radical (unpaired) electrons. The third kappa shape index (κ3) is 3.35. The van der Waals surface area contributed by atoms with E-state index in [1.165, 1.54) is 5.56 Å². The number of rotatable bonds is 2. The molecule has 1 aromatic carbocycles. The zero-order valence-electron chi connectivity index (χ0n) is 8.71. The van der Waals surface area contributed by atoms with Gasteiger partial charge < -0.3 is 11.5 Å². The highest BCUT2D eigenvalue weighted by atomic mass is 16.1. The summed E-state index contributed by atoms with van der Waals surface area (Å²) in [7, 11) is 0. The van der Waals surface area contributed by atoms with Crippen molar-refractivity contribution < 1.29 is 4.79 Å². The number of hydrogen-bond donors (Lipinski definition) is 2. The van der Waals surface area contributed by atoms with E-state index in [2.05, 4.69) is 18.8 Å².